The van der Waals surface area contributed by atoms with Crippen LogP contribution in [0.4, 0.5) is 5.82 Å². The summed E-state index contributed by atoms with van der Waals surface area (Å²) in [5.41, 5.74) is 0. The number of halogens is 2. The molecule has 1 N–H and O–H groups in total. The molecule has 5 heteroatoms. The molecule has 1 aromatic heterocycles. The summed E-state index contributed by atoms with van der Waals surface area (Å²) in [6.45, 7) is 0.918. The molecule has 0 amide bonds. The zero-order chi connectivity index (χ0) is 10.7. The molecular weight excluding hydrogens is 324 g/mol. The van der Waals surface area contributed by atoms with Crippen LogP contribution in [0.3, 0.4) is 0 Å². The number of rotatable bonds is 3. The van der Waals surface area contributed by atoms with E-state index in [0.717, 1.165) is 22.4 Å². The summed E-state index contributed by atoms with van der Waals surface area (Å²) in [4.78, 5) is 8.15. The van der Waals surface area contributed by atoms with Crippen molar-refractivity contribution in [1.29, 1.82) is 0 Å². The van der Waals surface area contributed by atoms with Gasteiger partial charge in [0.15, 0.2) is 0 Å². The Morgan fingerprint density at radius 2 is 2.40 bits per heavy atom. The molecule has 0 bridgehead atoms. The van der Waals surface area contributed by atoms with E-state index in [2.05, 4.69) is 37.9 Å². The van der Waals surface area contributed by atoms with Crippen molar-refractivity contribution in [2.75, 3.05) is 11.9 Å². The Kier molecular flexibility index (Phi) is 4.02. The molecule has 0 aliphatic heterocycles. The Morgan fingerprint density at radius 3 is 3.07 bits per heavy atom. The van der Waals surface area contributed by atoms with E-state index in [0.29, 0.717) is 11.3 Å². The quantitative estimate of drug-likeness (QED) is 0.681. The normalized spacial score (nSPS) is 25.5. The predicted molar refractivity (Wildman–Crippen MR) is 70.2 cm³/mol. The monoisotopic (exact) mass is 337 g/mol. The fourth-order valence-corrected chi connectivity index (χ4v) is 2.75. The van der Waals surface area contributed by atoms with Crippen LogP contribution in [0.2, 0.25) is 0 Å². The van der Waals surface area contributed by atoms with Gasteiger partial charge >= 0.3 is 0 Å². The highest BCUT2D eigenvalue weighted by Crippen LogP contribution is 2.30. The summed E-state index contributed by atoms with van der Waals surface area (Å²) in [6, 6.07) is 0. The average molecular weight is 338 g/mol. The van der Waals surface area contributed by atoms with Crippen LogP contribution in [0.1, 0.15) is 19.3 Å². The van der Waals surface area contributed by atoms with Gasteiger partial charge in [0.2, 0.25) is 0 Å². The minimum absolute atomic E-state index is 0.331. The lowest BCUT2D eigenvalue weighted by Crippen LogP contribution is -2.19. The Labute approximate surface area is 108 Å². The third kappa shape index (κ3) is 2.93. The van der Waals surface area contributed by atoms with E-state index in [4.69, 9.17) is 11.6 Å². The highest BCUT2D eigenvalue weighted by atomic mass is 127. The van der Waals surface area contributed by atoms with Crippen molar-refractivity contribution < 1.29 is 0 Å². The number of nitrogens with one attached hydrogen (secondary N) is 1. The van der Waals surface area contributed by atoms with Crippen molar-refractivity contribution in [3.8, 4) is 0 Å². The molecular formula is C10H13ClIN3. The topological polar surface area (TPSA) is 37.8 Å². The van der Waals surface area contributed by atoms with E-state index in [1.54, 1.807) is 6.33 Å². The van der Waals surface area contributed by atoms with Crippen molar-refractivity contribution in [2.24, 2.45) is 5.92 Å². The minimum atomic E-state index is 0.331. The second kappa shape index (κ2) is 5.30. The molecule has 1 heterocycles. The first-order chi connectivity index (χ1) is 7.27. The fraction of sp³-hybridized carbons (Fsp3) is 0.600. The molecule has 1 saturated carbocycles. The van der Waals surface area contributed by atoms with Crippen molar-refractivity contribution in [2.45, 2.75) is 24.6 Å². The second-order valence-corrected chi connectivity index (χ2v) is 5.53. The summed E-state index contributed by atoms with van der Waals surface area (Å²) < 4.78 is 1.05. The zero-order valence-corrected chi connectivity index (χ0v) is 11.2. The number of alkyl halides is 1. The van der Waals surface area contributed by atoms with Crippen LogP contribution in [0.25, 0.3) is 0 Å². The van der Waals surface area contributed by atoms with Gasteiger partial charge in [-0.15, -0.1) is 11.6 Å². The first kappa shape index (κ1) is 11.4. The lowest BCUT2D eigenvalue weighted by atomic mass is 10.1. The van der Waals surface area contributed by atoms with E-state index in [-0.39, 0.29) is 0 Å². The standard InChI is InChI=1S/C10H13ClIN3/c11-8-3-1-2-7(8)4-14-10-9(12)5-13-6-15-10/h5-8H,1-4H2,(H,13,14,15). The van der Waals surface area contributed by atoms with E-state index >= 15 is 0 Å². The van der Waals surface area contributed by atoms with Gasteiger partial charge in [0.05, 0.1) is 3.57 Å². The lowest BCUT2D eigenvalue weighted by molar-refractivity contribution is 0.585. The van der Waals surface area contributed by atoms with Crippen LogP contribution in [-0.2, 0) is 0 Å². The molecule has 0 aromatic carbocycles. The number of nitrogens with zero attached hydrogens (tertiary/aromatic N) is 2. The molecule has 0 saturated heterocycles. The number of hydrogen-bond donors (Lipinski definition) is 1. The van der Waals surface area contributed by atoms with E-state index in [9.17, 15) is 0 Å². The van der Waals surface area contributed by atoms with Gasteiger partial charge in [0.25, 0.3) is 0 Å². The van der Waals surface area contributed by atoms with E-state index < -0.39 is 0 Å². The Bertz CT molecular complexity index is 334. The molecule has 82 valence electrons. The van der Waals surface area contributed by atoms with Gasteiger partial charge < -0.3 is 5.32 Å². The number of hydrogen-bond acceptors (Lipinski definition) is 3. The maximum atomic E-state index is 6.21. The third-order valence-electron chi connectivity index (χ3n) is 2.77. The molecule has 2 rings (SSSR count). The van der Waals surface area contributed by atoms with Crippen molar-refractivity contribution in [3.05, 3.63) is 16.1 Å². The van der Waals surface area contributed by atoms with Gasteiger partial charge in [-0.05, 0) is 41.4 Å². The van der Waals surface area contributed by atoms with Gasteiger partial charge in [-0.25, -0.2) is 9.97 Å². The number of aromatic nitrogens is 2. The number of anilines is 1. The molecule has 1 aliphatic rings. The molecule has 15 heavy (non-hydrogen) atoms. The largest absolute Gasteiger partial charge is 0.369 e. The molecule has 2 atom stereocenters. The van der Waals surface area contributed by atoms with Gasteiger partial charge in [-0.3, -0.25) is 0 Å². The first-order valence-corrected chi connectivity index (χ1v) is 6.62. The Morgan fingerprint density at radius 1 is 1.53 bits per heavy atom. The van der Waals surface area contributed by atoms with Crippen LogP contribution in [0, 0.1) is 9.49 Å². The molecule has 0 spiro atoms. The van der Waals surface area contributed by atoms with Gasteiger partial charge in [-0.2, -0.15) is 0 Å². The summed E-state index contributed by atoms with van der Waals surface area (Å²) in [5, 5.41) is 3.67. The maximum absolute atomic E-state index is 6.21. The smallest absolute Gasteiger partial charge is 0.142 e. The van der Waals surface area contributed by atoms with E-state index in [1.807, 2.05) is 6.20 Å². The van der Waals surface area contributed by atoms with Crippen molar-refractivity contribution in [1.82, 2.24) is 9.97 Å². The van der Waals surface area contributed by atoms with Crippen molar-refractivity contribution in [3.63, 3.8) is 0 Å². The van der Waals surface area contributed by atoms with E-state index in [1.165, 1.54) is 12.8 Å². The SMILES string of the molecule is ClC1CCCC1CNc1ncncc1I. The second-order valence-electron chi connectivity index (χ2n) is 3.81. The molecule has 2 unspecified atom stereocenters. The summed E-state index contributed by atoms with van der Waals surface area (Å²) in [5.74, 6) is 1.50. The van der Waals surface area contributed by atoms with Crippen LogP contribution in [0.15, 0.2) is 12.5 Å². The van der Waals surface area contributed by atoms with Gasteiger partial charge in [0.1, 0.15) is 12.1 Å². The minimum Gasteiger partial charge on any atom is -0.369 e. The highest BCUT2D eigenvalue weighted by Gasteiger charge is 2.24. The molecule has 1 aliphatic carbocycles. The van der Waals surface area contributed by atoms with Gasteiger partial charge in [0, 0.05) is 18.1 Å². The lowest BCUT2D eigenvalue weighted by Gasteiger charge is -2.15. The molecule has 1 fully saturated rings. The summed E-state index contributed by atoms with van der Waals surface area (Å²) in [6.07, 6.45) is 7.00. The average Bonchev–Trinajstić information content (AvgIpc) is 2.63. The summed E-state index contributed by atoms with van der Waals surface area (Å²) in [7, 11) is 0. The third-order valence-corrected chi connectivity index (χ3v) is 4.13. The zero-order valence-electron chi connectivity index (χ0n) is 8.29. The fourth-order valence-electron chi connectivity index (χ4n) is 1.89. The molecule has 0 radical (unpaired) electrons. The first-order valence-electron chi connectivity index (χ1n) is 5.11. The predicted octanol–water partition coefficient (Wildman–Crippen LogP) is 2.90. The van der Waals surface area contributed by atoms with Crippen LogP contribution >= 0.6 is 34.2 Å². The van der Waals surface area contributed by atoms with Crippen molar-refractivity contribution >= 4 is 40.0 Å². The van der Waals surface area contributed by atoms with Crippen LogP contribution in [0.5, 0.6) is 0 Å². The summed E-state index contributed by atoms with van der Waals surface area (Å²) >= 11 is 8.44. The molecule has 1 aromatic rings. The van der Waals surface area contributed by atoms with Crippen LogP contribution in [-0.4, -0.2) is 21.9 Å². The maximum Gasteiger partial charge on any atom is 0.142 e. The van der Waals surface area contributed by atoms with Crippen LogP contribution < -0.4 is 5.32 Å². The Hall–Kier alpha value is -0.100. The highest BCUT2D eigenvalue weighted by molar-refractivity contribution is 14.1. The Balaban J connectivity index is 1.90. The molecule has 3 nitrogen and oxygen atoms in total. The van der Waals surface area contributed by atoms with Gasteiger partial charge in [-0.1, -0.05) is 6.42 Å².